The van der Waals surface area contributed by atoms with Gasteiger partial charge in [0.05, 0.1) is 13.2 Å². The number of aliphatic hydroxyl groups is 1. The average Bonchev–Trinajstić information content (AvgIpc) is 2.35. The fourth-order valence-corrected chi connectivity index (χ4v) is 1.25. The predicted octanol–water partition coefficient (Wildman–Crippen LogP) is 1.57. The minimum Gasteiger partial charge on any atom is -0.469 e. The highest BCUT2D eigenvalue weighted by molar-refractivity contribution is 5.76. The summed E-state index contributed by atoms with van der Waals surface area (Å²) < 4.78 is 4.44. The summed E-state index contributed by atoms with van der Waals surface area (Å²) in [7, 11) is 1.17. The molecule has 0 spiro atoms. The molecule has 0 aliphatic carbocycles. The van der Waals surface area contributed by atoms with Gasteiger partial charge in [0.25, 0.3) is 0 Å². The molecular weight excluding hydrogens is 210 g/mol. The van der Waals surface area contributed by atoms with E-state index in [9.17, 15) is 9.90 Å². The van der Waals surface area contributed by atoms with Crippen LogP contribution in [0, 0.1) is 0 Å². The van der Waals surface area contributed by atoms with Gasteiger partial charge in [0.15, 0.2) is 6.04 Å². The van der Waals surface area contributed by atoms with Crippen molar-refractivity contribution in [3.8, 4) is 0 Å². The zero-order valence-corrected chi connectivity index (χ0v) is 8.65. The molecule has 1 N–H and O–H groups in total. The summed E-state index contributed by atoms with van der Waals surface area (Å²) in [6.45, 7) is 0. The third-order valence-electron chi connectivity index (χ3n) is 2.06. The molecule has 2 atom stereocenters. The quantitative estimate of drug-likeness (QED) is 0.361. The molecule has 6 nitrogen and oxygen atoms in total. The maximum atomic E-state index is 11.3. The van der Waals surface area contributed by atoms with Gasteiger partial charge in [-0.2, -0.15) is 0 Å². The fourth-order valence-electron chi connectivity index (χ4n) is 1.25. The Morgan fingerprint density at radius 1 is 1.50 bits per heavy atom. The minimum absolute atomic E-state index is 0.491. The highest BCUT2D eigenvalue weighted by Gasteiger charge is 2.27. The summed E-state index contributed by atoms with van der Waals surface area (Å²) in [5.74, 6) is -0.769. The lowest BCUT2D eigenvalue weighted by molar-refractivity contribution is -0.144. The van der Waals surface area contributed by atoms with Crippen molar-refractivity contribution < 1.29 is 14.6 Å². The van der Waals surface area contributed by atoms with Crippen molar-refractivity contribution in [2.75, 3.05) is 7.11 Å². The van der Waals surface area contributed by atoms with E-state index in [1.54, 1.807) is 30.3 Å². The van der Waals surface area contributed by atoms with Crippen LogP contribution in [0.15, 0.2) is 35.4 Å². The predicted molar refractivity (Wildman–Crippen MR) is 56.4 cm³/mol. The van der Waals surface area contributed by atoms with E-state index in [1.807, 2.05) is 0 Å². The Kier molecular flexibility index (Phi) is 4.32. The molecule has 0 amide bonds. The maximum absolute atomic E-state index is 11.3. The number of hydrogen-bond acceptors (Lipinski definition) is 4. The van der Waals surface area contributed by atoms with Crippen LogP contribution < -0.4 is 0 Å². The number of carbonyl (C=O) groups is 1. The highest BCUT2D eigenvalue weighted by atomic mass is 16.5. The van der Waals surface area contributed by atoms with E-state index in [1.165, 1.54) is 7.11 Å². The second-order valence-electron chi connectivity index (χ2n) is 3.03. The van der Waals surface area contributed by atoms with Crippen molar-refractivity contribution in [3.05, 3.63) is 46.3 Å². The van der Waals surface area contributed by atoms with Gasteiger partial charge in [0.2, 0.25) is 0 Å². The first-order valence-electron chi connectivity index (χ1n) is 4.55. The van der Waals surface area contributed by atoms with Gasteiger partial charge in [-0.1, -0.05) is 35.4 Å². The molecular formula is C10H11N3O3. The number of methoxy groups -OCH3 is 1. The average molecular weight is 221 g/mol. The third kappa shape index (κ3) is 2.73. The number of nitrogens with zero attached hydrogens (tertiary/aromatic N) is 3. The Balaban J connectivity index is 2.96. The Morgan fingerprint density at radius 3 is 2.62 bits per heavy atom. The summed E-state index contributed by atoms with van der Waals surface area (Å²) in [6.07, 6.45) is -1.20. The number of benzene rings is 1. The summed E-state index contributed by atoms with van der Waals surface area (Å²) in [5, 5.41) is 13.1. The van der Waals surface area contributed by atoms with Gasteiger partial charge in [-0.25, -0.2) is 0 Å². The standard InChI is InChI=1S/C10H11N3O3/c1-16-10(15)8(12-13-11)9(14)7-5-3-2-4-6-7/h2-6,8-9,14H,1H3/t8-,9-/m1/s1. The number of esters is 1. The fraction of sp³-hybridized carbons (Fsp3) is 0.300. The van der Waals surface area contributed by atoms with E-state index in [0.29, 0.717) is 5.56 Å². The summed E-state index contributed by atoms with van der Waals surface area (Å²) in [4.78, 5) is 13.8. The van der Waals surface area contributed by atoms with E-state index >= 15 is 0 Å². The second kappa shape index (κ2) is 5.75. The number of azide groups is 1. The van der Waals surface area contributed by atoms with Gasteiger partial charge < -0.3 is 9.84 Å². The lowest BCUT2D eigenvalue weighted by atomic mass is 10.0. The molecule has 0 unspecified atom stereocenters. The largest absolute Gasteiger partial charge is 0.469 e. The first kappa shape index (κ1) is 12.0. The molecule has 0 heterocycles. The molecule has 0 bridgehead atoms. The zero-order chi connectivity index (χ0) is 12.0. The van der Waals surface area contributed by atoms with Crippen LogP contribution in [0.3, 0.4) is 0 Å². The number of aliphatic hydroxyl groups excluding tert-OH is 1. The summed E-state index contributed by atoms with van der Waals surface area (Å²) in [6, 6.07) is 7.20. The first-order valence-corrected chi connectivity index (χ1v) is 4.55. The molecule has 0 saturated heterocycles. The number of hydrogen-bond donors (Lipinski definition) is 1. The molecule has 0 fully saturated rings. The molecule has 0 aliphatic rings. The van der Waals surface area contributed by atoms with Crippen molar-refractivity contribution in [2.24, 2.45) is 5.11 Å². The summed E-state index contributed by atoms with van der Waals surface area (Å²) >= 11 is 0. The number of rotatable bonds is 4. The molecule has 84 valence electrons. The molecule has 1 rings (SSSR count). The Hall–Kier alpha value is -2.04. The molecule has 1 aromatic carbocycles. The van der Waals surface area contributed by atoms with E-state index < -0.39 is 18.1 Å². The van der Waals surface area contributed by atoms with Crippen molar-refractivity contribution in [1.29, 1.82) is 0 Å². The van der Waals surface area contributed by atoms with Crippen LogP contribution in [0.1, 0.15) is 11.7 Å². The highest BCUT2D eigenvalue weighted by Crippen LogP contribution is 2.19. The zero-order valence-electron chi connectivity index (χ0n) is 8.65. The Morgan fingerprint density at radius 2 is 2.12 bits per heavy atom. The van der Waals surface area contributed by atoms with Crippen LogP contribution in [-0.4, -0.2) is 24.2 Å². The molecule has 0 radical (unpaired) electrons. The van der Waals surface area contributed by atoms with Crippen LogP contribution in [0.5, 0.6) is 0 Å². The minimum atomic E-state index is -1.27. The molecule has 0 aliphatic heterocycles. The Labute approximate surface area is 92.1 Å². The van der Waals surface area contributed by atoms with Gasteiger partial charge in [0.1, 0.15) is 0 Å². The first-order chi connectivity index (χ1) is 7.70. The van der Waals surface area contributed by atoms with Gasteiger partial charge in [-0.05, 0) is 11.1 Å². The van der Waals surface area contributed by atoms with Crippen LogP contribution in [-0.2, 0) is 9.53 Å². The monoisotopic (exact) mass is 221 g/mol. The van der Waals surface area contributed by atoms with Crippen molar-refractivity contribution in [3.63, 3.8) is 0 Å². The van der Waals surface area contributed by atoms with E-state index in [0.717, 1.165) is 0 Å². The van der Waals surface area contributed by atoms with E-state index in [2.05, 4.69) is 14.8 Å². The normalized spacial score (nSPS) is 13.4. The van der Waals surface area contributed by atoms with Crippen LogP contribution in [0.25, 0.3) is 10.4 Å². The Bertz CT molecular complexity index is 401. The lowest BCUT2D eigenvalue weighted by Gasteiger charge is -2.16. The SMILES string of the molecule is COC(=O)[C@H](N=[N+]=[N-])[C@H](O)c1ccccc1. The smallest absolute Gasteiger partial charge is 0.317 e. The molecule has 16 heavy (non-hydrogen) atoms. The van der Waals surface area contributed by atoms with Gasteiger partial charge in [-0.15, -0.1) is 0 Å². The third-order valence-corrected chi connectivity index (χ3v) is 2.06. The lowest BCUT2D eigenvalue weighted by Crippen LogP contribution is -2.27. The maximum Gasteiger partial charge on any atom is 0.317 e. The molecule has 0 aromatic heterocycles. The van der Waals surface area contributed by atoms with Crippen LogP contribution >= 0.6 is 0 Å². The summed E-state index contributed by atoms with van der Waals surface area (Å²) in [5.41, 5.74) is 8.81. The van der Waals surface area contributed by atoms with Gasteiger partial charge >= 0.3 is 5.97 Å². The molecule has 1 aromatic rings. The van der Waals surface area contributed by atoms with Crippen molar-refractivity contribution >= 4 is 5.97 Å². The van der Waals surface area contributed by atoms with E-state index in [-0.39, 0.29) is 0 Å². The number of ether oxygens (including phenoxy) is 1. The van der Waals surface area contributed by atoms with Crippen LogP contribution in [0.4, 0.5) is 0 Å². The molecule has 6 heteroatoms. The molecule has 0 saturated carbocycles. The van der Waals surface area contributed by atoms with Gasteiger partial charge in [-0.3, -0.25) is 4.79 Å². The topological polar surface area (TPSA) is 95.3 Å². The van der Waals surface area contributed by atoms with Crippen molar-refractivity contribution in [2.45, 2.75) is 12.1 Å². The number of carbonyl (C=O) groups excluding carboxylic acids is 1. The van der Waals surface area contributed by atoms with Crippen molar-refractivity contribution in [1.82, 2.24) is 0 Å². The second-order valence-corrected chi connectivity index (χ2v) is 3.03. The van der Waals surface area contributed by atoms with E-state index in [4.69, 9.17) is 5.53 Å². The van der Waals surface area contributed by atoms with Crippen LogP contribution in [0.2, 0.25) is 0 Å². The van der Waals surface area contributed by atoms with Gasteiger partial charge in [0, 0.05) is 4.91 Å².